The minimum Gasteiger partial charge on any atom is -0.369 e. The van der Waals surface area contributed by atoms with E-state index in [1.54, 1.807) is 12.1 Å². The maximum absolute atomic E-state index is 11.9. The zero-order chi connectivity index (χ0) is 24.0. The molecule has 4 aromatic rings. The molecule has 1 aliphatic rings. The van der Waals surface area contributed by atoms with E-state index in [9.17, 15) is 4.79 Å². The molecule has 0 saturated carbocycles. The molecule has 8 nitrogen and oxygen atoms in total. The van der Waals surface area contributed by atoms with Crippen LogP contribution >= 0.6 is 23.2 Å². The summed E-state index contributed by atoms with van der Waals surface area (Å²) < 4.78 is 1.91. The molecule has 3 heterocycles. The van der Waals surface area contributed by atoms with E-state index in [4.69, 9.17) is 39.7 Å². The molecule has 34 heavy (non-hydrogen) atoms. The second-order valence-electron chi connectivity index (χ2n) is 8.72. The van der Waals surface area contributed by atoms with Crippen molar-refractivity contribution in [3.63, 3.8) is 0 Å². The van der Waals surface area contributed by atoms with Crippen LogP contribution < -0.4 is 16.4 Å². The summed E-state index contributed by atoms with van der Waals surface area (Å²) in [5.74, 6) is 1.08. The Bertz CT molecular complexity index is 1390. The fourth-order valence-corrected chi connectivity index (χ4v) is 4.64. The highest BCUT2D eigenvalue weighted by Crippen LogP contribution is 2.38. The summed E-state index contributed by atoms with van der Waals surface area (Å²) in [6.07, 6.45) is 1.23. The first kappa shape index (κ1) is 22.4. The zero-order valence-corrected chi connectivity index (χ0v) is 20.0. The van der Waals surface area contributed by atoms with Gasteiger partial charge in [-0.3, -0.25) is 9.36 Å². The Kier molecular flexibility index (Phi) is 5.58. The van der Waals surface area contributed by atoms with Crippen LogP contribution in [0.25, 0.3) is 28.2 Å². The van der Waals surface area contributed by atoms with Crippen LogP contribution in [0.1, 0.15) is 19.8 Å². The van der Waals surface area contributed by atoms with E-state index in [0.29, 0.717) is 58.8 Å². The number of nitrogen functional groups attached to an aromatic ring is 1. The summed E-state index contributed by atoms with van der Waals surface area (Å²) in [4.78, 5) is 28.1. The summed E-state index contributed by atoms with van der Waals surface area (Å²) in [5.41, 5.74) is 14.0. The number of piperidine rings is 1. The van der Waals surface area contributed by atoms with Crippen LogP contribution in [0.2, 0.25) is 10.0 Å². The largest absolute Gasteiger partial charge is 0.369 e. The average Bonchev–Trinajstić information content (AvgIpc) is 3.19. The Morgan fingerprint density at radius 3 is 2.32 bits per heavy atom. The first-order valence-corrected chi connectivity index (χ1v) is 11.6. The molecule has 174 valence electrons. The van der Waals surface area contributed by atoms with Crippen molar-refractivity contribution in [1.29, 1.82) is 0 Å². The number of anilines is 2. The number of imidazole rings is 1. The molecule has 5 rings (SSSR count). The Morgan fingerprint density at radius 2 is 1.68 bits per heavy atom. The number of nitrogens with two attached hydrogens (primary N) is 2. The number of hydrogen-bond donors (Lipinski definition) is 2. The molecule has 1 saturated heterocycles. The summed E-state index contributed by atoms with van der Waals surface area (Å²) >= 11 is 12.7. The Labute approximate surface area is 206 Å². The Morgan fingerprint density at radius 1 is 1.00 bits per heavy atom. The number of primary amides is 1. The molecule has 1 aliphatic heterocycles. The monoisotopic (exact) mass is 495 g/mol. The van der Waals surface area contributed by atoms with Crippen LogP contribution in [0.4, 0.5) is 11.8 Å². The first-order valence-electron chi connectivity index (χ1n) is 10.9. The van der Waals surface area contributed by atoms with Crippen molar-refractivity contribution >= 4 is 52.0 Å². The minimum atomic E-state index is -0.542. The summed E-state index contributed by atoms with van der Waals surface area (Å²) in [5, 5.41) is 1.18. The van der Waals surface area contributed by atoms with Gasteiger partial charge in [0, 0.05) is 34.8 Å². The van der Waals surface area contributed by atoms with Gasteiger partial charge in [0.1, 0.15) is 5.82 Å². The van der Waals surface area contributed by atoms with Gasteiger partial charge in [0.2, 0.25) is 11.9 Å². The van der Waals surface area contributed by atoms with Gasteiger partial charge in [0.25, 0.3) is 0 Å². The number of hydrogen-bond acceptors (Lipinski definition) is 6. The van der Waals surface area contributed by atoms with Crippen LogP contribution in [0, 0.1) is 5.41 Å². The molecule has 1 amide bonds. The standard InChI is InChI=1S/C24H23Cl2N7O/c1-24(22(27)34)10-12-32(13-11-24)20-18-21(31-23(28)30-20)33(15-8-6-14(25)7-9-15)19(29-18)16-4-2-3-5-17(16)26/h2-9H,10-13H2,1H3,(H2,27,34)(H2,28,30,31). The number of rotatable bonds is 4. The fourth-order valence-electron chi connectivity index (χ4n) is 4.30. The highest BCUT2D eigenvalue weighted by atomic mass is 35.5. The molecule has 2 aromatic carbocycles. The molecule has 0 unspecified atom stereocenters. The van der Waals surface area contributed by atoms with Crippen LogP contribution in [-0.4, -0.2) is 38.5 Å². The highest BCUT2D eigenvalue weighted by molar-refractivity contribution is 6.33. The Balaban J connectivity index is 1.71. The minimum absolute atomic E-state index is 0.131. The molecule has 0 radical (unpaired) electrons. The van der Waals surface area contributed by atoms with Gasteiger partial charge in [-0.1, -0.05) is 42.3 Å². The number of carbonyl (C=O) groups is 1. The predicted octanol–water partition coefficient (Wildman–Crippen LogP) is 4.46. The third-order valence-electron chi connectivity index (χ3n) is 6.47. The maximum Gasteiger partial charge on any atom is 0.224 e. The second-order valence-corrected chi connectivity index (χ2v) is 9.56. The third-order valence-corrected chi connectivity index (χ3v) is 7.05. The molecule has 10 heteroatoms. The van der Waals surface area contributed by atoms with Crippen LogP contribution in [0.3, 0.4) is 0 Å². The van der Waals surface area contributed by atoms with Crippen LogP contribution in [0.15, 0.2) is 48.5 Å². The number of amides is 1. The fraction of sp³-hybridized carbons (Fsp3) is 0.250. The van der Waals surface area contributed by atoms with E-state index < -0.39 is 5.41 Å². The lowest BCUT2D eigenvalue weighted by Crippen LogP contribution is -2.45. The van der Waals surface area contributed by atoms with E-state index in [1.165, 1.54) is 0 Å². The number of aromatic nitrogens is 4. The third kappa shape index (κ3) is 3.82. The van der Waals surface area contributed by atoms with Gasteiger partial charge < -0.3 is 16.4 Å². The molecule has 0 bridgehead atoms. The van der Waals surface area contributed by atoms with Gasteiger partial charge in [0.05, 0.1) is 5.02 Å². The molecule has 4 N–H and O–H groups in total. The molecule has 2 aromatic heterocycles. The van der Waals surface area contributed by atoms with Crippen molar-refractivity contribution in [3.05, 3.63) is 58.6 Å². The van der Waals surface area contributed by atoms with Crippen molar-refractivity contribution in [1.82, 2.24) is 19.5 Å². The lowest BCUT2D eigenvalue weighted by molar-refractivity contribution is -0.127. The van der Waals surface area contributed by atoms with Gasteiger partial charge in [-0.25, -0.2) is 4.98 Å². The van der Waals surface area contributed by atoms with Gasteiger partial charge >= 0.3 is 0 Å². The molecular weight excluding hydrogens is 473 g/mol. The van der Waals surface area contributed by atoms with E-state index in [1.807, 2.05) is 47.9 Å². The smallest absolute Gasteiger partial charge is 0.224 e. The average molecular weight is 496 g/mol. The summed E-state index contributed by atoms with van der Waals surface area (Å²) in [7, 11) is 0. The van der Waals surface area contributed by atoms with Crippen molar-refractivity contribution in [3.8, 4) is 17.1 Å². The van der Waals surface area contributed by atoms with Gasteiger partial charge in [-0.15, -0.1) is 0 Å². The normalized spacial score (nSPS) is 15.6. The topological polar surface area (TPSA) is 116 Å². The highest BCUT2D eigenvalue weighted by Gasteiger charge is 2.36. The first-order chi connectivity index (χ1) is 16.3. The number of carbonyl (C=O) groups excluding carboxylic acids is 1. The summed E-state index contributed by atoms with van der Waals surface area (Å²) in [6, 6.07) is 14.9. The van der Waals surface area contributed by atoms with Gasteiger partial charge in [-0.2, -0.15) is 9.97 Å². The van der Waals surface area contributed by atoms with E-state index in [0.717, 1.165) is 11.3 Å². The van der Waals surface area contributed by atoms with Crippen molar-refractivity contribution in [2.45, 2.75) is 19.8 Å². The number of nitrogens with zero attached hydrogens (tertiary/aromatic N) is 5. The van der Waals surface area contributed by atoms with Gasteiger partial charge in [0.15, 0.2) is 17.0 Å². The van der Waals surface area contributed by atoms with Crippen molar-refractivity contribution < 1.29 is 4.79 Å². The van der Waals surface area contributed by atoms with E-state index >= 15 is 0 Å². The van der Waals surface area contributed by atoms with Crippen molar-refractivity contribution in [2.75, 3.05) is 23.7 Å². The Hall–Kier alpha value is -3.36. The van der Waals surface area contributed by atoms with Crippen LogP contribution in [0.5, 0.6) is 0 Å². The zero-order valence-electron chi connectivity index (χ0n) is 18.5. The molecule has 0 spiro atoms. The van der Waals surface area contributed by atoms with Crippen LogP contribution in [-0.2, 0) is 4.79 Å². The SMILES string of the molecule is CC1(C(N)=O)CCN(c2nc(N)nc3c2nc(-c2ccccc2Cl)n3-c2ccc(Cl)cc2)CC1. The van der Waals surface area contributed by atoms with E-state index in [-0.39, 0.29) is 11.9 Å². The number of benzene rings is 2. The van der Waals surface area contributed by atoms with E-state index in [2.05, 4.69) is 14.9 Å². The maximum atomic E-state index is 11.9. The molecular formula is C24H23Cl2N7O. The quantitative estimate of drug-likeness (QED) is 0.431. The number of fused-ring (bicyclic) bond motifs is 1. The van der Waals surface area contributed by atoms with Gasteiger partial charge in [-0.05, 0) is 49.2 Å². The summed E-state index contributed by atoms with van der Waals surface area (Å²) in [6.45, 7) is 3.10. The lowest BCUT2D eigenvalue weighted by Gasteiger charge is -2.37. The molecule has 0 atom stereocenters. The lowest BCUT2D eigenvalue weighted by atomic mass is 9.80. The molecule has 1 fully saturated rings. The molecule has 0 aliphatic carbocycles. The predicted molar refractivity (Wildman–Crippen MR) is 135 cm³/mol. The number of halogens is 2. The second kappa shape index (κ2) is 8.45. The van der Waals surface area contributed by atoms with Crippen molar-refractivity contribution in [2.24, 2.45) is 11.1 Å².